The summed E-state index contributed by atoms with van der Waals surface area (Å²) in [7, 11) is 0. The lowest BCUT2D eigenvalue weighted by molar-refractivity contribution is 0.112. The van der Waals surface area contributed by atoms with E-state index in [2.05, 4.69) is 67.8 Å². The van der Waals surface area contributed by atoms with Gasteiger partial charge in [-0.25, -0.2) is 0 Å². The van der Waals surface area contributed by atoms with Crippen LogP contribution in [0.1, 0.15) is 10.4 Å². The van der Waals surface area contributed by atoms with Gasteiger partial charge in [0.25, 0.3) is 0 Å². The van der Waals surface area contributed by atoms with E-state index >= 15 is 0 Å². The molecule has 0 aromatic heterocycles. The molecule has 58 valence electrons. The van der Waals surface area contributed by atoms with Crippen LogP contribution < -0.4 is 0 Å². The third kappa shape index (κ3) is 2.27. The Hall–Kier alpha value is 1.08. The molecular formula is C7H3I3O. The van der Waals surface area contributed by atoms with Gasteiger partial charge in [0.2, 0.25) is 0 Å². The van der Waals surface area contributed by atoms with Crippen molar-refractivity contribution in [2.45, 2.75) is 0 Å². The smallest absolute Gasteiger partial charge is 0.151 e. The van der Waals surface area contributed by atoms with E-state index in [4.69, 9.17) is 0 Å². The maximum Gasteiger partial charge on any atom is 0.151 e. The molecule has 4 heteroatoms. The van der Waals surface area contributed by atoms with Crippen LogP contribution in [0.3, 0.4) is 0 Å². The summed E-state index contributed by atoms with van der Waals surface area (Å²) >= 11 is 6.69. The summed E-state index contributed by atoms with van der Waals surface area (Å²) in [5.41, 5.74) is 0.774. The third-order valence-electron chi connectivity index (χ3n) is 1.19. The molecule has 1 aromatic carbocycles. The Morgan fingerprint density at radius 2 is 1.73 bits per heavy atom. The van der Waals surface area contributed by atoms with Gasteiger partial charge in [-0.1, -0.05) is 0 Å². The Morgan fingerprint density at radius 3 is 2.27 bits per heavy atom. The van der Waals surface area contributed by atoms with E-state index in [0.717, 1.165) is 19.0 Å². The van der Waals surface area contributed by atoms with Gasteiger partial charge in [-0.15, -0.1) is 0 Å². The summed E-state index contributed by atoms with van der Waals surface area (Å²) in [4.78, 5) is 10.5. The summed E-state index contributed by atoms with van der Waals surface area (Å²) in [6, 6.07) is 3.80. The molecule has 0 saturated carbocycles. The number of rotatable bonds is 1. The molecule has 0 saturated heterocycles. The lowest BCUT2D eigenvalue weighted by atomic mass is 10.2. The zero-order valence-corrected chi connectivity index (χ0v) is 11.7. The van der Waals surface area contributed by atoms with Gasteiger partial charge < -0.3 is 0 Å². The number of carbonyl (C=O) groups excluding carboxylic acids is 1. The second-order valence-electron chi connectivity index (χ2n) is 1.88. The molecule has 0 aliphatic carbocycles. The highest BCUT2D eigenvalue weighted by molar-refractivity contribution is 14.1. The topological polar surface area (TPSA) is 17.1 Å². The molecule has 11 heavy (non-hydrogen) atoms. The average Bonchev–Trinajstić information content (AvgIpc) is 2.01. The molecule has 0 atom stereocenters. The standard InChI is InChI=1S/C7H3I3O/c8-5-2-1-4(3-11)6(9)7(5)10/h1-3H. The minimum absolute atomic E-state index is 0.774. The van der Waals surface area contributed by atoms with Crippen LogP contribution in [-0.4, -0.2) is 6.29 Å². The van der Waals surface area contributed by atoms with Crippen molar-refractivity contribution < 1.29 is 4.79 Å². The van der Waals surface area contributed by atoms with Crippen molar-refractivity contribution in [3.05, 3.63) is 28.4 Å². The minimum atomic E-state index is 0.774. The molecule has 0 amide bonds. The monoisotopic (exact) mass is 484 g/mol. The summed E-state index contributed by atoms with van der Waals surface area (Å²) in [6.45, 7) is 0. The molecule has 0 heterocycles. The highest BCUT2D eigenvalue weighted by atomic mass is 127. The predicted octanol–water partition coefficient (Wildman–Crippen LogP) is 3.31. The predicted molar refractivity (Wildman–Crippen MR) is 70.0 cm³/mol. The number of aldehydes is 1. The molecule has 0 fully saturated rings. The van der Waals surface area contributed by atoms with Crippen molar-refractivity contribution in [1.82, 2.24) is 0 Å². The van der Waals surface area contributed by atoms with Gasteiger partial charge in [0.15, 0.2) is 6.29 Å². The Kier molecular flexibility index (Phi) is 4.02. The van der Waals surface area contributed by atoms with Crippen LogP contribution in [0.25, 0.3) is 0 Å². The molecule has 1 aromatic rings. The summed E-state index contributed by atoms with van der Waals surface area (Å²) in [5.74, 6) is 0. The second-order valence-corrected chi connectivity index (χ2v) is 5.20. The van der Waals surface area contributed by atoms with Crippen LogP contribution in [0.15, 0.2) is 12.1 Å². The summed E-state index contributed by atoms with van der Waals surface area (Å²) < 4.78 is 3.40. The first-order valence-electron chi connectivity index (χ1n) is 2.75. The van der Waals surface area contributed by atoms with E-state index in [-0.39, 0.29) is 0 Å². The van der Waals surface area contributed by atoms with Crippen LogP contribution in [0, 0.1) is 10.7 Å². The first-order chi connectivity index (χ1) is 5.16. The fourth-order valence-electron chi connectivity index (χ4n) is 0.632. The Labute approximate surface area is 106 Å². The van der Waals surface area contributed by atoms with Gasteiger partial charge in [0.05, 0.1) is 0 Å². The molecule has 0 bridgehead atoms. The molecular weight excluding hydrogens is 481 g/mol. The van der Waals surface area contributed by atoms with Crippen LogP contribution >= 0.6 is 67.8 Å². The molecule has 0 N–H and O–H groups in total. The summed E-state index contributed by atoms with van der Waals surface area (Å²) in [5, 5.41) is 0. The quantitative estimate of drug-likeness (QED) is 0.340. The van der Waals surface area contributed by atoms with Crippen LogP contribution in [0.2, 0.25) is 0 Å². The summed E-state index contributed by atoms with van der Waals surface area (Å²) in [6.07, 6.45) is 0.889. The van der Waals surface area contributed by atoms with Gasteiger partial charge in [0.1, 0.15) is 0 Å². The number of carbonyl (C=O) groups is 1. The van der Waals surface area contributed by atoms with E-state index in [0.29, 0.717) is 0 Å². The average molecular weight is 484 g/mol. The first-order valence-corrected chi connectivity index (χ1v) is 5.99. The fourth-order valence-corrected chi connectivity index (χ4v) is 2.69. The zero-order valence-electron chi connectivity index (χ0n) is 5.27. The van der Waals surface area contributed by atoms with E-state index in [9.17, 15) is 4.79 Å². The van der Waals surface area contributed by atoms with Crippen molar-refractivity contribution in [3.63, 3.8) is 0 Å². The van der Waals surface area contributed by atoms with Gasteiger partial charge in [-0.2, -0.15) is 0 Å². The van der Waals surface area contributed by atoms with Crippen molar-refractivity contribution in [3.8, 4) is 0 Å². The SMILES string of the molecule is O=Cc1ccc(I)c(I)c1I. The molecule has 0 aliphatic rings. The van der Waals surface area contributed by atoms with Crippen LogP contribution in [0.4, 0.5) is 0 Å². The number of benzene rings is 1. The van der Waals surface area contributed by atoms with Crippen LogP contribution in [0.5, 0.6) is 0 Å². The Bertz CT molecular complexity index is 296. The van der Waals surface area contributed by atoms with Crippen molar-refractivity contribution in [2.75, 3.05) is 0 Å². The van der Waals surface area contributed by atoms with Crippen molar-refractivity contribution in [2.24, 2.45) is 0 Å². The van der Waals surface area contributed by atoms with E-state index in [1.807, 2.05) is 12.1 Å². The van der Waals surface area contributed by atoms with E-state index in [1.54, 1.807) is 0 Å². The Balaban J connectivity index is 3.36. The lowest BCUT2D eigenvalue weighted by Gasteiger charge is -2.00. The minimum Gasteiger partial charge on any atom is -0.298 e. The second kappa shape index (κ2) is 4.35. The van der Waals surface area contributed by atoms with Gasteiger partial charge in [-0.3, -0.25) is 4.79 Å². The third-order valence-corrected chi connectivity index (χ3v) is 6.44. The van der Waals surface area contributed by atoms with Crippen LogP contribution in [-0.2, 0) is 0 Å². The van der Waals surface area contributed by atoms with Gasteiger partial charge >= 0.3 is 0 Å². The van der Waals surface area contributed by atoms with Crippen molar-refractivity contribution in [1.29, 1.82) is 0 Å². The largest absolute Gasteiger partial charge is 0.298 e. The van der Waals surface area contributed by atoms with Gasteiger partial charge in [0, 0.05) is 16.3 Å². The highest BCUT2D eigenvalue weighted by Crippen LogP contribution is 2.23. The molecule has 0 aliphatic heterocycles. The normalized spacial score (nSPS) is 9.73. The maximum absolute atomic E-state index is 10.5. The fraction of sp³-hybridized carbons (Fsp3) is 0. The number of halogens is 3. The molecule has 0 radical (unpaired) electrons. The number of hydrogen-bond donors (Lipinski definition) is 0. The number of hydrogen-bond acceptors (Lipinski definition) is 1. The maximum atomic E-state index is 10.5. The molecule has 1 rings (SSSR count). The zero-order chi connectivity index (χ0) is 8.43. The molecule has 1 nitrogen and oxygen atoms in total. The first kappa shape index (κ1) is 10.2. The van der Waals surface area contributed by atoms with E-state index in [1.165, 1.54) is 3.57 Å². The van der Waals surface area contributed by atoms with Gasteiger partial charge in [-0.05, 0) is 79.9 Å². The highest BCUT2D eigenvalue weighted by Gasteiger charge is 2.05. The molecule has 0 unspecified atom stereocenters. The van der Waals surface area contributed by atoms with E-state index < -0.39 is 0 Å². The van der Waals surface area contributed by atoms with Crippen molar-refractivity contribution >= 4 is 74.1 Å². The lowest BCUT2D eigenvalue weighted by Crippen LogP contribution is -1.91. The molecule has 0 spiro atoms. The Morgan fingerprint density at radius 1 is 1.09 bits per heavy atom.